The Balaban J connectivity index is 2.32. The van der Waals surface area contributed by atoms with Crippen LogP contribution < -0.4 is 5.32 Å². The summed E-state index contributed by atoms with van der Waals surface area (Å²) in [5.74, 6) is -0.0954. The highest BCUT2D eigenvalue weighted by molar-refractivity contribution is 6.56. The number of pyridine rings is 1. The molecule has 1 aliphatic rings. The highest BCUT2D eigenvalue weighted by Gasteiger charge is 2.52. The van der Waals surface area contributed by atoms with Crippen LogP contribution in [0.5, 0.6) is 5.75 Å². The van der Waals surface area contributed by atoms with E-state index in [0.29, 0.717) is 11.2 Å². The summed E-state index contributed by atoms with van der Waals surface area (Å²) in [4.78, 5) is 15.4. The SMILES string of the molecule is CC(=O)NCC(=Cc1ncccc1O)B1OC(C)(C)C(C)(C)O1. The fraction of sp³-hybridized carbons (Fsp3) is 0.500. The molecule has 7 heteroatoms. The summed E-state index contributed by atoms with van der Waals surface area (Å²) in [6.45, 7) is 9.54. The van der Waals surface area contributed by atoms with Gasteiger partial charge >= 0.3 is 7.12 Å². The van der Waals surface area contributed by atoms with Crippen molar-refractivity contribution in [3.63, 3.8) is 0 Å². The van der Waals surface area contributed by atoms with Crippen LogP contribution in [0.2, 0.25) is 0 Å². The maximum absolute atomic E-state index is 11.3. The van der Waals surface area contributed by atoms with Gasteiger partial charge in [0, 0.05) is 19.7 Å². The van der Waals surface area contributed by atoms with Crippen LogP contribution in [0.1, 0.15) is 40.3 Å². The van der Waals surface area contributed by atoms with Crippen molar-refractivity contribution in [1.29, 1.82) is 0 Å². The molecule has 0 atom stereocenters. The normalized spacial score (nSPS) is 19.7. The third kappa shape index (κ3) is 3.92. The highest BCUT2D eigenvalue weighted by Crippen LogP contribution is 2.38. The number of carbonyl (C=O) groups is 1. The summed E-state index contributed by atoms with van der Waals surface area (Å²) in [5, 5.41) is 12.6. The quantitative estimate of drug-likeness (QED) is 0.829. The van der Waals surface area contributed by atoms with Gasteiger partial charge in [0.05, 0.1) is 11.2 Å². The molecule has 0 bridgehead atoms. The van der Waals surface area contributed by atoms with Crippen molar-refractivity contribution in [3.05, 3.63) is 29.5 Å². The molecule has 2 N–H and O–H groups in total. The molecule has 1 aromatic heterocycles. The van der Waals surface area contributed by atoms with Crippen LogP contribution in [0.15, 0.2) is 23.8 Å². The minimum absolute atomic E-state index is 0.0596. The molecule has 0 spiro atoms. The van der Waals surface area contributed by atoms with Gasteiger partial charge in [-0.15, -0.1) is 0 Å². The van der Waals surface area contributed by atoms with Crippen LogP contribution in [-0.4, -0.2) is 40.9 Å². The van der Waals surface area contributed by atoms with Gasteiger partial charge in [-0.2, -0.15) is 0 Å². The van der Waals surface area contributed by atoms with E-state index in [1.807, 2.05) is 27.7 Å². The first kappa shape index (κ1) is 17.5. The maximum Gasteiger partial charge on any atom is 0.492 e. The molecule has 124 valence electrons. The summed E-state index contributed by atoms with van der Waals surface area (Å²) >= 11 is 0. The van der Waals surface area contributed by atoms with Gasteiger partial charge in [0.2, 0.25) is 5.91 Å². The molecular weight excluding hydrogens is 295 g/mol. The second kappa shape index (κ2) is 6.33. The number of nitrogens with zero attached hydrogens (tertiary/aromatic N) is 1. The molecular formula is C16H23BN2O4. The molecule has 1 aromatic rings. The third-order valence-electron chi connectivity index (χ3n) is 4.24. The minimum Gasteiger partial charge on any atom is -0.506 e. The van der Waals surface area contributed by atoms with Crippen molar-refractivity contribution in [2.75, 3.05) is 6.54 Å². The first-order valence-electron chi connectivity index (χ1n) is 7.57. The van der Waals surface area contributed by atoms with Crippen LogP contribution in [-0.2, 0) is 14.1 Å². The lowest BCUT2D eigenvalue weighted by Gasteiger charge is -2.32. The van der Waals surface area contributed by atoms with Crippen LogP contribution in [0.3, 0.4) is 0 Å². The van der Waals surface area contributed by atoms with Crippen molar-refractivity contribution < 1.29 is 19.2 Å². The molecule has 6 nitrogen and oxygen atoms in total. The van der Waals surface area contributed by atoms with Crippen LogP contribution >= 0.6 is 0 Å². The first-order chi connectivity index (χ1) is 10.6. The van der Waals surface area contributed by atoms with Gasteiger partial charge < -0.3 is 19.7 Å². The molecule has 0 unspecified atom stereocenters. The van der Waals surface area contributed by atoms with Crippen molar-refractivity contribution in [2.45, 2.75) is 45.8 Å². The van der Waals surface area contributed by atoms with Crippen molar-refractivity contribution in [3.8, 4) is 5.75 Å². The fourth-order valence-electron chi connectivity index (χ4n) is 2.12. The smallest absolute Gasteiger partial charge is 0.492 e. The number of rotatable bonds is 4. The fourth-order valence-corrected chi connectivity index (χ4v) is 2.12. The molecule has 1 saturated heterocycles. The first-order valence-corrected chi connectivity index (χ1v) is 7.57. The van der Waals surface area contributed by atoms with Gasteiger partial charge in [-0.3, -0.25) is 9.78 Å². The van der Waals surface area contributed by atoms with Crippen molar-refractivity contribution >= 4 is 19.1 Å². The van der Waals surface area contributed by atoms with Crippen LogP contribution in [0.25, 0.3) is 6.08 Å². The monoisotopic (exact) mass is 318 g/mol. The zero-order valence-corrected chi connectivity index (χ0v) is 14.2. The molecule has 0 radical (unpaired) electrons. The van der Waals surface area contributed by atoms with Gasteiger partial charge in [-0.05, 0) is 51.4 Å². The van der Waals surface area contributed by atoms with Crippen molar-refractivity contribution in [2.24, 2.45) is 0 Å². The van der Waals surface area contributed by atoms with E-state index < -0.39 is 18.3 Å². The summed E-state index contributed by atoms with van der Waals surface area (Å²) in [5.41, 5.74) is 0.119. The Bertz CT molecular complexity index is 612. The van der Waals surface area contributed by atoms with E-state index >= 15 is 0 Å². The largest absolute Gasteiger partial charge is 0.506 e. The van der Waals surface area contributed by atoms with E-state index in [9.17, 15) is 9.90 Å². The number of hydrogen-bond donors (Lipinski definition) is 2. The van der Waals surface area contributed by atoms with E-state index in [1.54, 1.807) is 24.4 Å². The second-order valence-corrected chi connectivity index (χ2v) is 6.63. The molecule has 0 aliphatic carbocycles. The van der Waals surface area contributed by atoms with Gasteiger partial charge in [-0.25, -0.2) is 0 Å². The van der Waals surface area contributed by atoms with E-state index in [-0.39, 0.29) is 18.2 Å². The van der Waals surface area contributed by atoms with Gasteiger partial charge in [0.25, 0.3) is 0 Å². The summed E-state index contributed by atoms with van der Waals surface area (Å²) < 4.78 is 12.0. The Labute approximate surface area is 137 Å². The number of amides is 1. The molecule has 2 heterocycles. The van der Waals surface area contributed by atoms with Crippen LogP contribution in [0, 0.1) is 0 Å². The lowest BCUT2D eigenvalue weighted by atomic mass is 9.77. The molecule has 0 aromatic carbocycles. The summed E-state index contributed by atoms with van der Waals surface area (Å²) in [7, 11) is -0.617. The average molecular weight is 318 g/mol. The number of aromatic hydroxyl groups is 1. The van der Waals surface area contributed by atoms with E-state index in [0.717, 1.165) is 0 Å². The van der Waals surface area contributed by atoms with Crippen molar-refractivity contribution in [1.82, 2.24) is 10.3 Å². The standard InChI is InChI=1S/C16H23BN2O4/c1-11(20)19-10-12(9-13-14(21)7-6-8-18-13)17-22-15(2,3)16(4,5)23-17/h6-9,21H,10H2,1-5H3,(H,19,20). The third-order valence-corrected chi connectivity index (χ3v) is 4.24. The topological polar surface area (TPSA) is 80.7 Å². The predicted octanol–water partition coefficient (Wildman–Crippen LogP) is 1.94. The number of carbonyl (C=O) groups excluding carboxylic acids is 1. The highest BCUT2D eigenvalue weighted by atomic mass is 16.7. The Morgan fingerprint density at radius 1 is 1.35 bits per heavy atom. The van der Waals surface area contributed by atoms with Crippen LogP contribution in [0.4, 0.5) is 0 Å². The minimum atomic E-state index is -0.617. The zero-order valence-electron chi connectivity index (χ0n) is 14.2. The number of hydrogen-bond acceptors (Lipinski definition) is 5. The second-order valence-electron chi connectivity index (χ2n) is 6.63. The molecule has 1 aliphatic heterocycles. The predicted molar refractivity (Wildman–Crippen MR) is 88.6 cm³/mol. The summed E-state index contributed by atoms with van der Waals surface area (Å²) in [6.07, 6.45) is 3.28. The Morgan fingerprint density at radius 2 is 1.96 bits per heavy atom. The van der Waals surface area contributed by atoms with E-state index in [4.69, 9.17) is 9.31 Å². The molecule has 0 saturated carbocycles. The Hall–Kier alpha value is -1.86. The summed E-state index contributed by atoms with van der Waals surface area (Å²) in [6, 6.07) is 3.20. The van der Waals surface area contributed by atoms with E-state index in [1.165, 1.54) is 6.92 Å². The maximum atomic E-state index is 11.3. The van der Waals surface area contributed by atoms with Gasteiger partial charge in [0.15, 0.2) is 0 Å². The Morgan fingerprint density at radius 3 is 2.48 bits per heavy atom. The average Bonchev–Trinajstić information content (AvgIpc) is 2.65. The van der Waals surface area contributed by atoms with Gasteiger partial charge in [-0.1, -0.05) is 0 Å². The lowest BCUT2D eigenvalue weighted by Crippen LogP contribution is -2.41. The molecule has 2 rings (SSSR count). The lowest BCUT2D eigenvalue weighted by molar-refractivity contribution is -0.118. The Kier molecular flexibility index (Phi) is 4.82. The molecule has 1 fully saturated rings. The zero-order chi connectivity index (χ0) is 17.3. The number of nitrogens with one attached hydrogen (secondary N) is 1. The molecule has 1 amide bonds. The van der Waals surface area contributed by atoms with E-state index in [2.05, 4.69) is 10.3 Å². The van der Waals surface area contributed by atoms with Gasteiger partial charge in [0.1, 0.15) is 11.4 Å². The molecule has 23 heavy (non-hydrogen) atoms. The number of aromatic nitrogens is 1.